The number of benzene rings is 1. The van der Waals surface area contributed by atoms with E-state index >= 15 is 0 Å². The number of hydrogen-bond acceptors (Lipinski definition) is 3. The number of amides is 1. The van der Waals surface area contributed by atoms with Crippen molar-refractivity contribution < 1.29 is 9.53 Å². The Morgan fingerprint density at radius 2 is 2.29 bits per heavy atom. The maximum atomic E-state index is 12.3. The van der Waals surface area contributed by atoms with E-state index in [4.69, 9.17) is 4.74 Å². The lowest BCUT2D eigenvalue weighted by molar-refractivity contribution is 0.102. The molecular weight excluding hydrogens is 266 g/mol. The number of nitrogens with zero attached hydrogens (tertiary/aromatic N) is 1. The Kier molecular flexibility index (Phi) is 5.15. The molecule has 5 heteroatoms. The summed E-state index contributed by atoms with van der Waals surface area (Å²) in [6, 6.07) is 8.93. The fraction of sp³-hybridized carbons (Fsp3) is 0.250. The van der Waals surface area contributed by atoms with E-state index in [9.17, 15) is 4.79 Å². The number of aryl methyl sites for hydroxylation is 1. The molecule has 0 bridgehead atoms. The number of carbonyl (C=O) groups is 1. The number of carbonyl (C=O) groups excluding carboxylic acids is 1. The maximum absolute atomic E-state index is 12.3. The predicted molar refractivity (Wildman–Crippen MR) is 82.7 cm³/mol. The van der Waals surface area contributed by atoms with Crippen LogP contribution < -0.4 is 10.1 Å². The molecule has 2 rings (SSSR count). The van der Waals surface area contributed by atoms with E-state index in [1.807, 2.05) is 12.1 Å². The molecule has 1 amide bonds. The summed E-state index contributed by atoms with van der Waals surface area (Å²) >= 11 is 0. The third-order valence-corrected chi connectivity index (χ3v) is 2.88. The van der Waals surface area contributed by atoms with Crippen LogP contribution in [0.25, 0.3) is 0 Å². The molecule has 1 heterocycles. The first-order valence-corrected chi connectivity index (χ1v) is 6.93. The highest BCUT2D eigenvalue weighted by molar-refractivity contribution is 6.05. The average Bonchev–Trinajstić information content (AvgIpc) is 2.93. The molecule has 0 atom stereocenters. The van der Waals surface area contributed by atoms with Crippen LogP contribution >= 0.6 is 0 Å². The minimum atomic E-state index is -0.246. The molecular formula is C16H19N3O2. The molecule has 2 aromatic rings. The van der Waals surface area contributed by atoms with Crippen molar-refractivity contribution in [1.82, 2.24) is 10.2 Å². The van der Waals surface area contributed by atoms with Crippen molar-refractivity contribution in [3.05, 3.63) is 54.2 Å². The van der Waals surface area contributed by atoms with Crippen molar-refractivity contribution in [2.75, 3.05) is 11.9 Å². The van der Waals surface area contributed by atoms with Crippen LogP contribution in [0.3, 0.4) is 0 Å². The van der Waals surface area contributed by atoms with Gasteiger partial charge in [0.2, 0.25) is 0 Å². The number of ether oxygens (including phenoxy) is 1. The average molecular weight is 285 g/mol. The Balaban J connectivity index is 2.10. The summed E-state index contributed by atoms with van der Waals surface area (Å²) in [6.45, 7) is 6.04. The predicted octanol–water partition coefficient (Wildman–Crippen LogP) is 3.18. The van der Waals surface area contributed by atoms with E-state index < -0.39 is 0 Å². The van der Waals surface area contributed by atoms with Gasteiger partial charge in [0.25, 0.3) is 5.91 Å². The maximum Gasteiger partial charge on any atom is 0.260 e. The smallest absolute Gasteiger partial charge is 0.260 e. The second kappa shape index (κ2) is 7.28. The topological polar surface area (TPSA) is 67.0 Å². The fourth-order valence-corrected chi connectivity index (χ4v) is 1.94. The molecule has 1 aromatic carbocycles. The van der Waals surface area contributed by atoms with Crippen molar-refractivity contribution in [2.24, 2.45) is 0 Å². The SMILES string of the molecule is C=CCOc1ccccc1C(=O)Nc1cc(CCC)[nH]n1. The number of H-pyrrole nitrogens is 1. The second-order valence-corrected chi connectivity index (χ2v) is 4.58. The third-order valence-electron chi connectivity index (χ3n) is 2.88. The largest absolute Gasteiger partial charge is 0.489 e. The normalized spacial score (nSPS) is 10.1. The van der Waals surface area contributed by atoms with Crippen LogP contribution in [0.4, 0.5) is 5.82 Å². The Morgan fingerprint density at radius 1 is 1.48 bits per heavy atom. The number of aromatic amines is 1. The van der Waals surface area contributed by atoms with Gasteiger partial charge in [0.05, 0.1) is 5.56 Å². The van der Waals surface area contributed by atoms with Gasteiger partial charge >= 0.3 is 0 Å². The second-order valence-electron chi connectivity index (χ2n) is 4.58. The summed E-state index contributed by atoms with van der Waals surface area (Å²) < 4.78 is 5.48. The third kappa shape index (κ3) is 3.95. The number of aromatic nitrogens is 2. The van der Waals surface area contributed by atoms with Crippen LogP contribution in [-0.2, 0) is 6.42 Å². The number of nitrogens with one attached hydrogen (secondary N) is 2. The van der Waals surface area contributed by atoms with Crippen LogP contribution in [0, 0.1) is 0 Å². The number of hydrogen-bond donors (Lipinski definition) is 2. The standard InChI is InChI=1S/C16H19N3O2/c1-3-7-12-11-15(19-18-12)17-16(20)13-8-5-6-9-14(13)21-10-4-2/h4-6,8-9,11H,2-3,7,10H2,1H3,(H2,17,18,19,20). The summed E-state index contributed by atoms with van der Waals surface area (Å²) in [5, 5.41) is 9.75. The van der Waals surface area contributed by atoms with Crippen molar-refractivity contribution in [1.29, 1.82) is 0 Å². The van der Waals surface area contributed by atoms with Gasteiger partial charge in [-0.1, -0.05) is 38.1 Å². The van der Waals surface area contributed by atoms with Gasteiger partial charge in [-0.25, -0.2) is 0 Å². The first-order valence-electron chi connectivity index (χ1n) is 6.93. The molecule has 0 fully saturated rings. The zero-order valence-corrected chi connectivity index (χ0v) is 12.1. The highest BCUT2D eigenvalue weighted by atomic mass is 16.5. The Labute approximate surface area is 124 Å². The van der Waals surface area contributed by atoms with Crippen LogP contribution in [0.1, 0.15) is 29.4 Å². The minimum absolute atomic E-state index is 0.246. The van der Waals surface area contributed by atoms with Gasteiger partial charge in [-0.2, -0.15) is 5.10 Å². The molecule has 0 unspecified atom stereocenters. The number of anilines is 1. The van der Waals surface area contributed by atoms with Crippen LogP contribution in [0.15, 0.2) is 43.0 Å². The Bertz CT molecular complexity index is 619. The molecule has 21 heavy (non-hydrogen) atoms. The van der Waals surface area contributed by atoms with Crippen molar-refractivity contribution >= 4 is 11.7 Å². The van der Waals surface area contributed by atoms with E-state index in [2.05, 4.69) is 29.0 Å². The van der Waals surface area contributed by atoms with Crippen LogP contribution in [0.5, 0.6) is 5.75 Å². The lowest BCUT2D eigenvalue weighted by Gasteiger charge is -2.09. The first-order chi connectivity index (χ1) is 10.2. The van der Waals surface area contributed by atoms with Crippen molar-refractivity contribution in [3.63, 3.8) is 0 Å². The van der Waals surface area contributed by atoms with Crippen molar-refractivity contribution in [2.45, 2.75) is 19.8 Å². The number of rotatable bonds is 7. The molecule has 1 aromatic heterocycles. The molecule has 0 radical (unpaired) electrons. The first kappa shape index (κ1) is 14.8. The van der Waals surface area contributed by atoms with Gasteiger partial charge < -0.3 is 10.1 Å². The zero-order valence-electron chi connectivity index (χ0n) is 12.1. The molecule has 0 aliphatic carbocycles. The summed E-state index contributed by atoms with van der Waals surface area (Å²) in [7, 11) is 0. The Hall–Kier alpha value is -2.56. The molecule has 0 saturated carbocycles. The summed E-state index contributed by atoms with van der Waals surface area (Å²) in [4.78, 5) is 12.3. The minimum Gasteiger partial charge on any atom is -0.489 e. The van der Waals surface area contributed by atoms with Crippen molar-refractivity contribution in [3.8, 4) is 5.75 Å². The van der Waals surface area contributed by atoms with E-state index in [1.54, 1.807) is 24.3 Å². The zero-order chi connectivity index (χ0) is 15.1. The van der Waals surface area contributed by atoms with E-state index in [0.29, 0.717) is 23.7 Å². The molecule has 5 nitrogen and oxygen atoms in total. The van der Waals surface area contributed by atoms with Gasteiger partial charge in [-0.05, 0) is 18.6 Å². The van der Waals surface area contributed by atoms with Crippen LogP contribution in [0.2, 0.25) is 0 Å². The van der Waals surface area contributed by atoms with Gasteiger partial charge in [0, 0.05) is 11.8 Å². The molecule has 2 N–H and O–H groups in total. The van der Waals surface area contributed by atoms with Crippen LogP contribution in [-0.4, -0.2) is 22.7 Å². The van der Waals surface area contributed by atoms with Gasteiger partial charge in [-0.3, -0.25) is 9.89 Å². The highest BCUT2D eigenvalue weighted by Crippen LogP contribution is 2.19. The lowest BCUT2D eigenvalue weighted by atomic mass is 10.2. The quantitative estimate of drug-likeness (QED) is 0.768. The molecule has 110 valence electrons. The van der Waals surface area contributed by atoms with E-state index in [1.165, 1.54) is 0 Å². The lowest BCUT2D eigenvalue weighted by Crippen LogP contribution is -2.14. The number of para-hydroxylation sites is 1. The van der Waals surface area contributed by atoms with E-state index in [0.717, 1.165) is 18.5 Å². The summed E-state index contributed by atoms with van der Waals surface area (Å²) in [5.74, 6) is 0.797. The summed E-state index contributed by atoms with van der Waals surface area (Å²) in [5.41, 5.74) is 1.48. The van der Waals surface area contributed by atoms with E-state index in [-0.39, 0.29) is 5.91 Å². The molecule has 0 saturated heterocycles. The van der Waals surface area contributed by atoms with Gasteiger partial charge in [0.15, 0.2) is 5.82 Å². The summed E-state index contributed by atoms with van der Waals surface area (Å²) in [6.07, 6.45) is 3.56. The Morgan fingerprint density at radius 3 is 3.05 bits per heavy atom. The van der Waals surface area contributed by atoms with Gasteiger partial charge in [0.1, 0.15) is 12.4 Å². The molecule has 0 aliphatic heterocycles. The monoisotopic (exact) mass is 285 g/mol. The molecule has 0 spiro atoms. The van der Waals surface area contributed by atoms with Gasteiger partial charge in [-0.15, -0.1) is 0 Å². The fourth-order valence-electron chi connectivity index (χ4n) is 1.94. The highest BCUT2D eigenvalue weighted by Gasteiger charge is 2.13. The molecule has 0 aliphatic rings.